The Bertz CT molecular complexity index is 1050. The number of rotatable bonds is 4. The van der Waals surface area contributed by atoms with Gasteiger partial charge in [0.2, 0.25) is 0 Å². The predicted octanol–water partition coefficient (Wildman–Crippen LogP) is 2.59. The zero-order valence-corrected chi connectivity index (χ0v) is 14.7. The molecule has 4 rings (SSSR count). The highest BCUT2D eigenvalue weighted by atomic mass is 19.2. The number of nitrogens with zero attached hydrogens (tertiary/aromatic N) is 3. The molecule has 1 amide bonds. The quantitative estimate of drug-likeness (QED) is 0.739. The molecule has 2 aromatic heterocycles. The number of aromatic nitrogens is 2. The fraction of sp³-hybridized carbons (Fsp3) is 0.263. The molecule has 2 N–H and O–H groups in total. The van der Waals surface area contributed by atoms with E-state index in [9.17, 15) is 13.6 Å². The summed E-state index contributed by atoms with van der Waals surface area (Å²) in [7, 11) is 1.85. The van der Waals surface area contributed by atoms with E-state index in [-0.39, 0.29) is 12.5 Å². The van der Waals surface area contributed by atoms with E-state index in [1.165, 1.54) is 6.07 Å². The van der Waals surface area contributed by atoms with E-state index < -0.39 is 11.6 Å². The van der Waals surface area contributed by atoms with Gasteiger partial charge in [0.1, 0.15) is 11.5 Å². The molecule has 1 aliphatic heterocycles. The number of carbonyl (C=O) groups excluding carboxylic acids is 1. The maximum Gasteiger partial charge on any atom is 0.256 e. The summed E-state index contributed by atoms with van der Waals surface area (Å²) in [6.07, 6.45) is 0.680. The van der Waals surface area contributed by atoms with E-state index in [0.29, 0.717) is 42.2 Å². The van der Waals surface area contributed by atoms with Crippen LogP contribution in [0.15, 0.2) is 30.3 Å². The molecule has 0 spiro atoms. The van der Waals surface area contributed by atoms with Crippen molar-refractivity contribution in [3.05, 3.63) is 53.2 Å². The Kier molecular flexibility index (Phi) is 4.27. The third-order valence-corrected chi connectivity index (χ3v) is 4.84. The van der Waals surface area contributed by atoms with E-state index in [0.717, 1.165) is 23.2 Å². The van der Waals surface area contributed by atoms with Crippen LogP contribution in [0.3, 0.4) is 0 Å². The lowest BCUT2D eigenvalue weighted by atomic mass is 10.0. The molecule has 8 heteroatoms. The van der Waals surface area contributed by atoms with Crippen molar-refractivity contribution in [2.45, 2.75) is 6.42 Å². The number of aliphatic hydroxyl groups is 1. The fourth-order valence-corrected chi connectivity index (χ4v) is 3.51. The molecular weight excluding hydrogens is 354 g/mol. The largest absolute Gasteiger partial charge is 0.395 e. The number of fused-ring (bicyclic) bond motifs is 3. The van der Waals surface area contributed by atoms with Crippen molar-refractivity contribution >= 4 is 28.4 Å². The molecule has 6 nitrogen and oxygen atoms in total. The van der Waals surface area contributed by atoms with Gasteiger partial charge in [-0.1, -0.05) is 0 Å². The number of halogens is 2. The molecular formula is C19H18F2N4O2. The number of carbonyl (C=O) groups is 1. The van der Waals surface area contributed by atoms with Crippen LogP contribution in [-0.2, 0) is 13.5 Å². The summed E-state index contributed by atoms with van der Waals surface area (Å²) in [6.45, 7) is 0.779. The van der Waals surface area contributed by atoms with Crippen LogP contribution in [-0.4, -0.2) is 45.2 Å². The predicted molar refractivity (Wildman–Crippen MR) is 97.0 cm³/mol. The number of hydrogen-bond acceptors (Lipinski definition) is 4. The number of amides is 1. The third kappa shape index (κ3) is 2.91. The van der Waals surface area contributed by atoms with Crippen LogP contribution in [0, 0.1) is 11.6 Å². The molecule has 0 bridgehead atoms. The Morgan fingerprint density at radius 3 is 2.78 bits per heavy atom. The number of hydrogen-bond donors (Lipinski definition) is 2. The molecule has 27 heavy (non-hydrogen) atoms. The molecule has 0 fully saturated rings. The average molecular weight is 372 g/mol. The van der Waals surface area contributed by atoms with Gasteiger partial charge in [0, 0.05) is 49.4 Å². The smallest absolute Gasteiger partial charge is 0.256 e. The van der Waals surface area contributed by atoms with Gasteiger partial charge in [-0.2, -0.15) is 0 Å². The number of β-amino-alcohol motifs (C(OH)–C–C–N with tert-alkyl or cyclic N) is 1. The van der Waals surface area contributed by atoms with Crippen LogP contribution in [0.25, 0.3) is 11.0 Å². The number of anilines is 2. The van der Waals surface area contributed by atoms with Gasteiger partial charge in [0.15, 0.2) is 11.6 Å². The average Bonchev–Trinajstić information content (AvgIpc) is 2.93. The van der Waals surface area contributed by atoms with Gasteiger partial charge in [0.05, 0.1) is 12.2 Å². The number of aliphatic hydroxyl groups excluding tert-OH is 1. The number of nitrogens with one attached hydrogen (secondary N) is 1. The highest BCUT2D eigenvalue weighted by Gasteiger charge is 2.30. The van der Waals surface area contributed by atoms with Gasteiger partial charge >= 0.3 is 0 Å². The highest BCUT2D eigenvalue weighted by molar-refractivity contribution is 6.08. The summed E-state index contributed by atoms with van der Waals surface area (Å²) < 4.78 is 28.4. The molecule has 0 unspecified atom stereocenters. The van der Waals surface area contributed by atoms with Crippen molar-refractivity contribution in [1.29, 1.82) is 0 Å². The second kappa shape index (κ2) is 6.62. The first-order valence-electron chi connectivity index (χ1n) is 8.60. The Morgan fingerprint density at radius 1 is 1.22 bits per heavy atom. The number of benzene rings is 1. The fourth-order valence-electron chi connectivity index (χ4n) is 3.51. The zero-order valence-electron chi connectivity index (χ0n) is 14.7. The van der Waals surface area contributed by atoms with Gasteiger partial charge in [-0.15, -0.1) is 0 Å². The number of aryl methyl sites for hydroxylation is 1. The molecule has 0 saturated carbocycles. The second-order valence-corrected chi connectivity index (χ2v) is 6.47. The van der Waals surface area contributed by atoms with Crippen LogP contribution < -0.4 is 5.32 Å². The van der Waals surface area contributed by atoms with Crippen molar-refractivity contribution in [3.8, 4) is 0 Å². The zero-order chi connectivity index (χ0) is 19.1. The van der Waals surface area contributed by atoms with Crippen LogP contribution in [0.1, 0.15) is 16.1 Å². The molecule has 0 aliphatic carbocycles. The standard InChI is InChI=1S/C19H18F2N4O2/c1-24-15-6-7-25(8-9-26)19(27)17(15)12-3-5-16(23-18(12)24)22-11-2-4-13(20)14(21)10-11/h2-5,10,26H,6-9H2,1H3,(H,22,23). The van der Waals surface area contributed by atoms with Gasteiger partial charge in [0.25, 0.3) is 5.91 Å². The lowest BCUT2D eigenvalue weighted by molar-refractivity contribution is 0.0705. The molecule has 3 heterocycles. The van der Waals surface area contributed by atoms with E-state index in [1.807, 2.05) is 11.6 Å². The summed E-state index contributed by atoms with van der Waals surface area (Å²) in [4.78, 5) is 18.9. The normalized spacial score (nSPS) is 13.9. The van der Waals surface area contributed by atoms with Crippen molar-refractivity contribution < 1.29 is 18.7 Å². The monoisotopic (exact) mass is 372 g/mol. The molecule has 3 aromatic rings. The van der Waals surface area contributed by atoms with E-state index >= 15 is 0 Å². The summed E-state index contributed by atoms with van der Waals surface area (Å²) >= 11 is 0. The summed E-state index contributed by atoms with van der Waals surface area (Å²) in [6, 6.07) is 7.03. The summed E-state index contributed by atoms with van der Waals surface area (Å²) in [5, 5.41) is 12.8. The third-order valence-electron chi connectivity index (χ3n) is 4.84. The minimum atomic E-state index is -0.940. The van der Waals surface area contributed by atoms with Crippen LogP contribution in [0.2, 0.25) is 0 Å². The molecule has 1 aliphatic rings. The molecule has 140 valence electrons. The maximum absolute atomic E-state index is 13.4. The summed E-state index contributed by atoms with van der Waals surface area (Å²) in [5.41, 5.74) is 2.53. The van der Waals surface area contributed by atoms with Crippen molar-refractivity contribution in [2.75, 3.05) is 25.0 Å². The lowest BCUT2D eigenvalue weighted by Gasteiger charge is -2.26. The topological polar surface area (TPSA) is 70.4 Å². The Morgan fingerprint density at radius 2 is 2.04 bits per heavy atom. The SMILES string of the molecule is Cn1c2c(c3ccc(Nc4ccc(F)c(F)c4)nc31)C(=O)N(CCO)CC2. The van der Waals surface area contributed by atoms with Crippen molar-refractivity contribution in [2.24, 2.45) is 7.05 Å². The highest BCUT2D eigenvalue weighted by Crippen LogP contribution is 2.30. The van der Waals surface area contributed by atoms with E-state index in [4.69, 9.17) is 5.11 Å². The molecule has 1 aromatic carbocycles. The van der Waals surface area contributed by atoms with Gasteiger partial charge in [-0.25, -0.2) is 13.8 Å². The number of pyridine rings is 1. The first-order chi connectivity index (χ1) is 13.0. The minimum Gasteiger partial charge on any atom is -0.395 e. The lowest BCUT2D eigenvalue weighted by Crippen LogP contribution is -2.39. The van der Waals surface area contributed by atoms with Crippen LogP contribution in [0.5, 0.6) is 0 Å². The van der Waals surface area contributed by atoms with Gasteiger partial charge in [-0.05, 0) is 24.3 Å². The Hall–Kier alpha value is -3.00. The Labute approximate surface area is 154 Å². The molecule has 0 saturated heterocycles. The van der Waals surface area contributed by atoms with Gasteiger partial charge < -0.3 is 19.9 Å². The maximum atomic E-state index is 13.4. The van der Waals surface area contributed by atoms with E-state index in [2.05, 4.69) is 10.3 Å². The van der Waals surface area contributed by atoms with Crippen molar-refractivity contribution in [3.63, 3.8) is 0 Å². The molecule has 0 radical (unpaired) electrons. The van der Waals surface area contributed by atoms with Crippen LogP contribution >= 0.6 is 0 Å². The van der Waals surface area contributed by atoms with E-state index in [1.54, 1.807) is 17.0 Å². The van der Waals surface area contributed by atoms with Gasteiger partial charge in [-0.3, -0.25) is 4.79 Å². The molecule has 0 atom stereocenters. The second-order valence-electron chi connectivity index (χ2n) is 6.47. The van der Waals surface area contributed by atoms with Crippen LogP contribution in [0.4, 0.5) is 20.3 Å². The Balaban J connectivity index is 1.73. The minimum absolute atomic E-state index is 0.0770. The van der Waals surface area contributed by atoms with Crippen molar-refractivity contribution in [1.82, 2.24) is 14.5 Å². The first-order valence-corrected chi connectivity index (χ1v) is 8.60. The first kappa shape index (κ1) is 17.4. The summed E-state index contributed by atoms with van der Waals surface area (Å²) in [5.74, 6) is -1.50.